The lowest BCUT2D eigenvalue weighted by Gasteiger charge is -2.37. The fourth-order valence-corrected chi connectivity index (χ4v) is 10.2. The smallest absolute Gasteiger partial charge is 0.407 e. The highest BCUT2D eigenvalue weighted by atomic mass is 32.2. The molecule has 13 nitrogen and oxygen atoms in total. The van der Waals surface area contributed by atoms with Crippen LogP contribution in [0.2, 0.25) is 0 Å². The quantitative estimate of drug-likeness (QED) is 0.339. The number of sulfonamides is 1. The number of ether oxygens (including phenoxy) is 1. The average Bonchev–Trinajstić information content (AvgIpc) is 4.10. The Labute approximate surface area is 324 Å². The Morgan fingerprint density at radius 2 is 1.80 bits per heavy atom. The first kappa shape index (κ1) is 38.5. The molecule has 6 aliphatic rings. The topological polar surface area (TPSA) is 175 Å². The Morgan fingerprint density at radius 3 is 2.50 bits per heavy atom. The molecule has 3 aliphatic carbocycles. The Hall–Kier alpha value is -4.34. The van der Waals surface area contributed by atoms with Gasteiger partial charge in [0, 0.05) is 35.9 Å². The number of hydrogen-bond donors (Lipinski definition) is 3. The first-order valence-electron chi connectivity index (χ1n) is 19.7. The maximum absolute atomic E-state index is 15.0. The Bertz CT molecular complexity index is 2170. The van der Waals surface area contributed by atoms with E-state index in [4.69, 9.17) is 4.74 Å². The van der Waals surface area contributed by atoms with Gasteiger partial charge in [0.2, 0.25) is 21.8 Å². The van der Waals surface area contributed by atoms with Crippen molar-refractivity contribution in [3.8, 4) is 5.75 Å². The average molecular weight is 798 g/mol. The van der Waals surface area contributed by atoms with Crippen LogP contribution in [0.3, 0.4) is 0 Å². The largest absolute Gasteiger partial charge is 0.483 e. The third-order valence-corrected chi connectivity index (χ3v) is 15.4. The molecule has 56 heavy (non-hydrogen) atoms. The fraction of sp³-hybridized carbons (Fsp3) is 0.625. The number of carboxylic acid groups (broad SMARTS) is 1. The van der Waals surface area contributed by atoms with E-state index in [0.717, 1.165) is 31.4 Å². The summed E-state index contributed by atoms with van der Waals surface area (Å²) in [6, 6.07) is -0.173. The zero-order valence-corrected chi connectivity index (χ0v) is 32.8. The second-order valence-electron chi connectivity index (χ2n) is 17.7. The predicted octanol–water partition coefficient (Wildman–Crippen LogP) is 5.03. The zero-order chi connectivity index (χ0) is 40.0. The number of carbonyl (C=O) groups excluding carboxylic acids is 3. The van der Waals surface area contributed by atoms with Crippen LogP contribution in [0.25, 0.3) is 10.9 Å². The number of fused-ring (bicyclic) bond motifs is 5. The van der Waals surface area contributed by atoms with Crippen LogP contribution in [0.5, 0.6) is 5.75 Å². The number of allylic oxidation sites excluding steroid dienone is 1. The molecule has 1 aromatic heterocycles. The molecule has 5 atom stereocenters. The third-order valence-electron chi connectivity index (χ3n) is 13.3. The number of aromatic nitrogens is 1. The molecule has 0 unspecified atom stereocenters. The number of nitrogens with one attached hydrogen (secondary N) is 2. The van der Waals surface area contributed by atoms with Gasteiger partial charge < -0.3 is 20.1 Å². The number of halogens is 2. The van der Waals surface area contributed by atoms with Crippen molar-refractivity contribution in [2.45, 2.75) is 132 Å². The van der Waals surface area contributed by atoms with Gasteiger partial charge in [-0.1, -0.05) is 31.9 Å². The lowest BCUT2D eigenvalue weighted by molar-refractivity contribution is -0.143. The van der Waals surface area contributed by atoms with Gasteiger partial charge in [-0.25, -0.2) is 27.0 Å². The van der Waals surface area contributed by atoms with Crippen LogP contribution in [0.1, 0.15) is 102 Å². The summed E-state index contributed by atoms with van der Waals surface area (Å²) in [5.74, 6) is -4.26. The predicted molar refractivity (Wildman–Crippen MR) is 200 cm³/mol. The van der Waals surface area contributed by atoms with Crippen molar-refractivity contribution in [3.05, 3.63) is 47.2 Å². The van der Waals surface area contributed by atoms with Crippen molar-refractivity contribution in [1.82, 2.24) is 24.8 Å². The SMILES string of the molecule is Cc1nc2cc(F)c(F)cc2c2c1O[C@]1(CC2)C[C@H]2C(=O)N[C@]3(C(=O)NS(=O)(=O)C4(C)CC4)C[C@H]3/C=C\CCCCC[C@H](N(CC3(C)CC3)C(=O)O)C(=O)N2C1. The zero-order valence-electron chi connectivity index (χ0n) is 32.0. The maximum atomic E-state index is 15.0. The standard InChI is InChI=1S/C40H49F2N5O8S/c1-23-32-25(26-17-27(41)28(42)18-29(26)43-23)11-12-39(55-32)20-31-33(48)44-40(35(50)45-56(53,54)38(3)15-16-38)19-24(40)9-7-5-4-6-8-10-30(34(49)46(31)22-39)47(36(51)52)21-37(2)13-14-37/h7,9,17-18,24,30-31H,4-6,8,10-16,19-22H2,1-3H3,(H,44,48)(H,45,50)(H,51,52)/b9-7-/t24-,30+,31+,39-,40-/m1/s1. The minimum Gasteiger partial charge on any atom is -0.483 e. The number of pyridine rings is 1. The number of amides is 4. The van der Waals surface area contributed by atoms with Crippen molar-refractivity contribution in [1.29, 1.82) is 0 Å². The van der Waals surface area contributed by atoms with Gasteiger partial charge in [-0.15, -0.1) is 0 Å². The summed E-state index contributed by atoms with van der Waals surface area (Å²) >= 11 is 0. The summed E-state index contributed by atoms with van der Waals surface area (Å²) < 4.78 is 63.0. The van der Waals surface area contributed by atoms with Gasteiger partial charge in [-0.2, -0.15) is 0 Å². The summed E-state index contributed by atoms with van der Waals surface area (Å²) in [7, 11) is -4.04. The van der Waals surface area contributed by atoms with Crippen LogP contribution in [-0.2, 0) is 30.8 Å². The van der Waals surface area contributed by atoms with E-state index in [-0.39, 0.29) is 49.7 Å². The molecule has 0 bridgehead atoms. The molecule has 4 amide bonds. The second kappa shape index (κ2) is 13.4. The minimum atomic E-state index is -4.04. The molecule has 1 spiro atoms. The van der Waals surface area contributed by atoms with E-state index >= 15 is 0 Å². The molecule has 4 heterocycles. The molecule has 0 radical (unpaired) electrons. The molecule has 1 saturated heterocycles. The Balaban J connectivity index is 1.17. The van der Waals surface area contributed by atoms with Crippen LogP contribution in [0.15, 0.2) is 24.3 Å². The van der Waals surface area contributed by atoms with Crippen LogP contribution in [0, 0.1) is 29.9 Å². The maximum Gasteiger partial charge on any atom is 0.407 e. The minimum absolute atomic E-state index is 0.0225. The van der Waals surface area contributed by atoms with E-state index in [9.17, 15) is 41.5 Å². The highest BCUT2D eigenvalue weighted by Crippen LogP contribution is 2.50. The molecule has 3 N–H and O–H groups in total. The Morgan fingerprint density at radius 1 is 1.07 bits per heavy atom. The van der Waals surface area contributed by atoms with Gasteiger partial charge >= 0.3 is 6.09 Å². The van der Waals surface area contributed by atoms with Crippen molar-refractivity contribution in [3.63, 3.8) is 0 Å². The van der Waals surface area contributed by atoms with Crippen LogP contribution >= 0.6 is 0 Å². The number of hydrogen-bond acceptors (Lipinski definition) is 8. The summed E-state index contributed by atoms with van der Waals surface area (Å²) in [4.78, 5) is 63.6. The van der Waals surface area contributed by atoms with Crippen molar-refractivity contribution >= 4 is 44.7 Å². The lowest BCUT2D eigenvalue weighted by atomic mass is 9.87. The van der Waals surface area contributed by atoms with E-state index in [1.165, 1.54) is 9.80 Å². The number of aryl methyl sites for hydroxylation is 2. The monoisotopic (exact) mass is 797 g/mol. The second-order valence-corrected chi connectivity index (χ2v) is 19.9. The number of rotatable bonds is 6. The van der Waals surface area contributed by atoms with E-state index in [2.05, 4.69) is 15.0 Å². The van der Waals surface area contributed by atoms with Crippen molar-refractivity contribution in [2.24, 2.45) is 11.3 Å². The van der Waals surface area contributed by atoms with Crippen molar-refractivity contribution in [2.75, 3.05) is 13.1 Å². The highest BCUT2D eigenvalue weighted by molar-refractivity contribution is 7.91. The summed E-state index contributed by atoms with van der Waals surface area (Å²) in [5.41, 5.74) is -1.68. The molecule has 8 rings (SSSR count). The normalized spacial score (nSPS) is 31.1. The van der Waals surface area contributed by atoms with Gasteiger partial charge in [0.15, 0.2) is 11.6 Å². The fourth-order valence-electron chi connectivity index (χ4n) is 8.92. The molecule has 302 valence electrons. The molecule has 2 aromatic rings. The van der Waals surface area contributed by atoms with Gasteiger partial charge in [0.1, 0.15) is 29.0 Å². The number of carbonyl (C=O) groups is 4. The highest BCUT2D eigenvalue weighted by Gasteiger charge is 2.64. The van der Waals surface area contributed by atoms with Crippen LogP contribution in [-0.4, -0.2) is 93.2 Å². The molecule has 3 aliphatic heterocycles. The summed E-state index contributed by atoms with van der Waals surface area (Å²) in [6.07, 6.45) is 8.67. The molecular formula is C40H49F2N5O8S. The molecule has 16 heteroatoms. The number of nitrogens with zero attached hydrogens (tertiary/aromatic N) is 3. The van der Waals surface area contributed by atoms with Crippen molar-refractivity contribution < 1.29 is 46.2 Å². The first-order valence-corrected chi connectivity index (χ1v) is 21.2. The Kier molecular flexibility index (Phi) is 9.20. The summed E-state index contributed by atoms with van der Waals surface area (Å²) in [5, 5.41) is 13.8. The van der Waals surface area contributed by atoms with E-state index < -0.39 is 79.4 Å². The van der Waals surface area contributed by atoms with Crippen LogP contribution in [0.4, 0.5) is 13.6 Å². The molecule has 3 saturated carbocycles. The summed E-state index contributed by atoms with van der Waals surface area (Å²) in [6.45, 7) is 5.31. The van der Waals surface area contributed by atoms with Gasteiger partial charge in [0.05, 0.1) is 22.5 Å². The third kappa shape index (κ3) is 6.78. The molecule has 4 fully saturated rings. The lowest BCUT2D eigenvalue weighted by Crippen LogP contribution is -2.59. The molecular weight excluding hydrogens is 749 g/mol. The van der Waals surface area contributed by atoms with E-state index in [1.807, 2.05) is 19.1 Å². The van der Waals surface area contributed by atoms with E-state index in [1.54, 1.807) is 13.8 Å². The molecule has 1 aromatic carbocycles. The van der Waals surface area contributed by atoms with Gasteiger partial charge in [0.25, 0.3) is 5.91 Å². The van der Waals surface area contributed by atoms with E-state index in [0.29, 0.717) is 60.9 Å². The van der Waals surface area contributed by atoms with Gasteiger partial charge in [-0.3, -0.25) is 24.0 Å². The van der Waals surface area contributed by atoms with Gasteiger partial charge in [-0.05, 0) is 89.5 Å². The van der Waals surface area contributed by atoms with Crippen LogP contribution < -0.4 is 14.8 Å². The number of benzene rings is 1. The first-order chi connectivity index (χ1) is 26.4.